The van der Waals surface area contributed by atoms with E-state index in [9.17, 15) is 0 Å². The van der Waals surface area contributed by atoms with Gasteiger partial charge in [0.1, 0.15) is 0 Å². The summed E-state index contributed by atoms with van der Waals surface area (Å²) in [5.74, 6) is 0. The van der Waals surface area contributed by atoms with Gasteiger partial charge in [0.25, 0.3) is 0 Å². The summed E-state index contributed by atoms with van der Waals surface area (Å²) in [5, 5.41) is 0. The van der Waals surface area contributed by atoms with E-state index in [1.54, 1.807) is 0 Å². The molecule has 0 spiro atoms. The van der Waals surface area contributed by atoms with E-state index in [1.165, 1.54) is 43.6 Å². The molecule has 0 radical (unpaired) electrons. The van der Waals surface area contributed by atoms with Crippen molar-refractivity contribution >= 4 is 0 Å². The van der Waals surface area contributed by atoms with Gasteiger partial charge in [-0.1, -0.05) is 18.7 Å². The molecule has 0 saturated carbocycles. The van der Waals surface area contributed by atoms with Gasteiger partial charge in [-0.05, 0) is 26.3 Å². The molecule has 0 bridgehead atoms. The fraction of sp³-hybridized carbons (Fsp3) is 0.667. The molecule has 0 aromatic rings. The molecule has 2 aliphatic rings. The fourth-order valence-electron chi connectivity index (χ4n) is 1.76. The van der Waals surface area contributed by atoms with Crippen LogP contribution in [0.1, 0.15) is 19.3 Å². The Kier molecular flexibility index (Phi) is 4.21. The maximum atomic E-state index is 3.86. The van der Waals surface area contributed by atoms with Crippen LogP contribution in [0.3, 0.4) is 0 Å². The topological polar surface area (TPSA) is 6.48 Å². The Morgan fingerprint density at radius 1 is 1.07 bits per heavy atom. The molecule has 2 rings (SSSR count). The van der Waals surface area contributed by atoms with Crippen molar-refractivity contribution in [3.63, 3.8) is 0 Å². The van der Waals surface area contributed by atoms with Crippen LogP contribution in [-0.2, 0) is 0 Å². The number of hydrogen-bond acceptors (Lipinski definition) is 2. The van der Waals surface area contributed by atoms with Gasteiger partial charge in [0.15, 0.2) is 0 Å². The number of allylic oxidation sites excluding steroid dienone is 1. The zero-order chi connectivity index (χ0) is 10.6. The second kappa shape index (κ2) is 5.20. The summed E-state index contributed by atoms with van der Waals surface area (Å²) in [6.45, 7) is 11.2. The summed E-state index contributed by atoms with van der Waals surface area (Å²) in [7, 11) is 4.22. The molecule has 0 aromatic heterocycles. The quantitative estimate of drug-likeness (QED) is 0.545. The third kappa shape index (κ3) is 3.54. The highest BCUT2D eigenvalue weighted by atomic mass is 15.1. The molecule has 2 heteroatoms. The van der Waals surface area contributed by atoms with E-state index in [1.807, 2.05) is 0 Å². The molecule has 2 fully saturated rings. The van der Waals surface area contributed by atoms with E-state index in [-0.39, 0.29) is 0 Å². The highest BCUT2D eigenvalue weighted by molar-refractivity contribution is 5.02. The van der Waals surface area contributed by atoms with Crippen molar-refractivity contribution in [1.29, 1.82) is 0 Å². The average Bonchev–Trinajstić information content (AvgIpc) is 2.65. The van der Waals surface area contributed by atoms with E-state index in [0.29, 0.717) is 0 Å². The van der Waals surface area contributed by atoms with Gasteiger partial charge in [0, 0.05) is 32.4 Å². The first kappa shape index (κ1) is 11.3. The number of likely N-dealkylation sites (tertiary alicyclic amines) is 2. The van der Waals surface area contributed by atoms with Crippen molar-refractivity contribution < 1.29 is 0 Å². The van der Waals surface area contributed by atoms with Gasteiger partial charge in [-0.25, -0.2) is 0 Å². The standard InChI is InChI=1S/2C6H11N/c1-6-3-4-7(2)5-6;1-6-4-3-5-7(6)2/h2*1,3-5H2,2H3. The lowest BCUT2D eigenvalue weighted by molar-refractivity contribution is 0.425. The van der Waals surface area contributed by atoms with Gasteiger partial charge in [-0.3, -0.25) is 0 Å². The highest BCUT2D eigenvalue weighted by Crippen LogP contribution is 2.15. The molecule has 2 nitrogen and oxygen atoms in total. The number of nitrogens with zero attached hydrogens (tertiary/aromatic N) is 2. The van der Waals surface area contributed by atoms with Crippen LogP contribution < -0.4 is 0 Å². The summed E-state index contributed by atoms with van der Waals surface area (Å²) in [6.07, 6.45) is 3.71. The molecule has 0 N–H and O–H groups in total. The summed E-state index contributed by atoms with van der Waals surface area (Å²) in [6, 6.07) is 0. The molecule has 2 aliphatic heterocycles. The van der Waals surface area contributed by atoms with E-state index < -0.39 is 0 Å². The van der Waals surface area contributed by atoms with Gasteiger partial charge in [-0.15, -0.1) is 0 Å². The maximum Gasteiger partial charge on any atom is 0.0187 e. The molecule has 14 heavy (non-hydrogen) atoms. The minimum absolute atomic E-state index is 1.11. The lowest BCUT2D eigenvalue weighted by Gasteiger charge is -2.08. The molecule has 0 atom stereocenters. The van der Waals surface area contributed by atoms with Crippen molar-refractivity contribution in [2.24, 2.45) is 0 Å². The SMILES string of the molecule is C=C1CCCN1C.C=C1CCN(C)C1. The predicted octanol–water partition coefficient (Wildman–Crippen LogP) is 2.10. The normalized spacial score (nSPS) is 22.6. The zero-order valence-corrected chi connectivity index (χ0v) is 9.55. The third-order valence-corrected chi connectivity index (χ3v) is 2.84. The van der Waals surface area contributed by atoms with E-state index in [2.05, 4.69) is 37.1 Å². The minimum Gasteiger partial charge on any atom is -0.378 e. The monoisotopic (exact) mass is 194 g/mol. The molecule has 2 saturated heterocycles. The molecular formula is C12H22N2. The maximum absolute atomic E-state index is 3.86. The van der Waals surface area contributed by atoms with Crippen LogP contribution >= 0.6 is 0 Å². The van der Waals surface area contributed by atoms with Gasteiger partial charge >= 0.3 is 0 Å². The Balaban J connectivity index is 0.000000140. The van der Waals surface area contributed by atoms with Crippen LogP contribution in [-0.4, -0.2) is 43.5 Å². The second-order valence-corrected chi connectivity index (χ2v) is 4.33. The number of hydrogen-bond donors (Lipinski definition) is 0. The minimum atomic E-state index is 1.11. The average molecular weight is 194 g/mol. The molecule has 0 aromatic carbocycles. The smallest absolute Gasteiger partial charge is 0.0187 e. The van der Waals surface area contributed by atoms with Gasteiger partial charge < -0.3 is 9.80 Å². The molecular weight excluding hydrogens is 172 g/mol. The highest BCUT2D eigenvalue weighted by Gasteiger charge is 2.08. The molecule has 80 valence electrons. The number of likely N-dealkylation sites (N-methyl/N-ethyl adjacent to an activating group) is 1. The van der Waals surface area contributed by atoms with Gasteiger partial charge in [0.05, 0.1) is 0 Å². The zero-order valence-electron chi connectivity index (χ0n) is 9.55. The van der Waals surface area contributed by atoms with Crippen molar-refractivity contribution in [3.8, 4) is 0 Å². The summed E-state index contributed by atoms with van der Waals surface area (Å²) in [5.41, 5.74) is 2.67. The first-order chi connectivity index (χ1) is 6.59. The summed E-state index contributed by atoms with van der Waals surface area (Å²) in [4.78, 5) is 4.49. The first-order valence-electron chi connectivity index (χ1n) is 5.33. The van der Waals surface area contributed by atoms with Crippen molar-refractivity contribution in [2.45, 2.75) is 19.3 Å². The van der Waals surface area contributed by atoms with Crippen LogP contribution in [0.5, 0.6) is 0 Å². The van der Waals surface area contributed by atoms with Crippen molar-refractivity contribution in [2.75, 3.05) is 33.7 Å². The molecule has 2 heterocycles. The number of rotatable bonds is 0. The first-order valence-corrected chi connectivity index (χ1v) is 5.33. The van der Waals surface area contributed by atoms with E-state index in [0.717, 1.165) is 6.54 Å². The van der Waals surface area contributed by atoms with Crippen LogP contribution in [0, 0.1) is 0 Å². The van der Waals surface area contributed by atoms with Gasteiger partial charge in [0.2, 0.25) is 0 Å². The Morgan fingerprint density at radius 2 is 1.79 bits per heavy atom. The Hall–Kier alpha value is -0.760. The Bertz CT molecular complexity index is 220. The van der Waals surface area contributed by atoms with Gasteiger partial charge in [-0.2, -0.15) is 0 Å². The van der Waals surface area contributed by atoms with Crippen LogP contribution in [0.2, 0.25) is 0 Å². The fourth-order valence-corrected chi connectivity index (χ4v) is 1.76. The summed E-state index contributed by atoms with van der Waals surface area (Å²) < 4.78 is 0. The summed E-state index contributed by atoms with van der Waals surface area (Å²) >= 11 is 0. The van der Waals surface area contributed by atoms with Crippen molar-refractivity contribution in [3.05, 3.63) is 24.4 Å². The largest absolute Gasteiger partial charge is 0.378 e. The molecule has 0 amide bonds. The van der Waals surface area contributed by atoms with Crippen molar-refractivity contribution in [1.82, 2.24) is 9.80 Å². The van der Waals surface area contributed by atoms with E-state index in [4.69, 9.17) is 0 Å². The van der Waals surface area contributed by atoms with Crippen LogP contribution in [0.25, 0.3) is 0 Å². The molecule has 0 aliphatic carbocycles. The lowest BCUT2D eigenvalue weighted by atomic mass is 10.3. The lowest BCUT2D eigenvalue weighted by Crippen LogP contribution is -2.11. The third-order valence-electron chi connectivity index (χ3n) is 2.84. The second-order valence-electron chi connectivity index (χ2n) is 4.33. The van der Waals surface area contributed by atoms with E-state index >= 15 is 0 Å². The van der Waals surface area contributed by atoms with Crippen LogP contribution in [0.4, 0.5) is 0 Å². The predicted molar refractivity (Wildman–Crippen MR) is 62.3 cm³/mol. The Morgan fingerprint density at radius 3 is 1.93 bits per heavy atom. The Labute approximate surface area is 87.9 Å². The van der Waals surface area contributed by atoms with Crippen LogP contribution in [0.15, 0.2) is 24.4 Å². The molecule has 0 unspecified atom stereocenters.